The normalized spacial score (nSPS) is 26.0. The van der Waals surface area contributed by atoms with Gasteiger partial charge in [0.15, 0.2) is 0 Å². The molecule has 0 radical (unpaired) electrons. The van der Waals surface area contributed by atoms with Crippen LogP contribution in [0.15, 0.2) is 54.6 Å². The summed E-state index contributed by atoms with van der Waals surface area (Å²) in [5.74, 6) is 0.576. The second-order valence-corrected chi connectivity index (χ2v) is 5.67. The first kappa shape index (κ1) is 11.5. The van der Waals surface area contributed by atoms with E-state index in [1.165, 1.54) is 24.0 Å². The van der Waals surface area contributed by atoms with Crippen molar-refractivity contribution in [2.45, 2.75) is 38.0 Å². The van der Waals surface area contributed by atoms with Crippen molar-refractivity contribution in [3.8, 4) is 0 Å². The van der Waals surface area contributed by atoms with Crippen LogP contribution < -0.4 is 0 Å². The Labute approximate surface area is 110 Å². The molecule has 0 amide bonds. The first-order valence-corrected chi connectivity index (χ1v) is 6.89. The smallest absolute Gasteiger partial charge is 0.0101 e. The van der Waals surface area contributed by atoms with Crippen molar-refractivity contribution < 1.29 is 0 Å². The van der Waals surface area contributed by atoms with Crippen LogP contribution in [0.3, 0.4) is 0 Å². The average molecular weight is 236 g/mol. The minimum Gasteiger partial charge on any atom is -0.0645 e. The Kier molecular flexibility index (Phi) is 2.74. The molecule has 0 bridgehead atoms. The summed E-state index contributed by atoms with van der Waals surface area (Å²) in [6, 6.07) is 19.9. The van der Waals surface area contributed by atoms with Crippen molar-refractivity contribution >= 4 is 0 Å². The van der Waals surface area contributed by atoms with Crippen LogP contribution in [0.1, 0.15) is 49.3 Å². The Hall–Kier alpha value is -1.56. The second-order valence-electron chi connectivity index (χ2n) is 5.67. The van der Waals surface area contributed by atoms with E-state index < -0.39 is 0 Å². The molecule has 2 aromatic rings. The van der Waals surface area contributed by atoms with Crippen molar-refractivity contribution in [1.82, 2.24) is 0 Å². The summed E-state index contributed by atoms with van der Waals surface area (Å²) in [4.78, 5) is 0. The maximum atomic E-state index is 2.41. The maximum absolute atomic E-state index is 2.41. The van der Waals surface area contributed by atoms with Gasteiger partial charge in [-0.05, 0) is 34.9 Å². The molecular weight excluding hydrogens is 216 g/mol. The van der Waals surface area contributed by atoms with Gasteiger partial charge in [0.1, 0.15) is 0 Å². The first-order valence-electron chi connectivity index (χ1n) is 6.89. The van der Waals surface area contributed by atoms with E-state index in [1.807, 2.05) is 0 Å². The molecule has 3 rings (SSSR count). The van der Waals surface area contributed by atoms with Crippen molar-refractivity contribution in [2.24, 2.45) is 0 Å². The summed E-state index contributed by atoms with van der Waals surface area (Å²) < 4.78 is 0. The fourth-order valence-electron chi connectivity index (χ4n) is 3.34. The summed E-state index contributed by atoms with van der Waals surface area (Å²) in [6.45, 7) is 4.72. The zero-order chi connectivity index (χ0) is 12.6. The van der Waals surface area contributed by atoms with Gasteiger partial charge in [0.25, 0.3) is 0 Å². The van der Waals surface area contributed by atoms with Crippen LogP contribution in [0.2, 0.25) is 0 Å². The Bertz CT molecular complexity index is 541. The van der Waals surface area contributed by atoms with Gasteiger partial charge < -0.3 is 0 Å². The SMILES string of the molecule is CC[C@]1(C)C[C@H](c2ccccc2)c2ccccc21. The Morgan fingerprint density at radius 3 is 2.39 bits per heavy atom. The van der Waals surface area contributed by atoms with Gasteiger partial charge >= 0.3 is 0 Å². The van der Waals surface area contributed by atoms with E-state index in [0.717, 1.165) is 0 Å². The van der Waals surface area contributed by atoms with Gasteiger partial charge in [0.2, 0.25) is 0 Å². The minimum absolute atomic E-state index is 0.344. The number of hydrogen-bond acceptors (Lipinski definition) is 0. The standard InChI is InChI=1S/C18H20/c1-3-18(2)13-16(14-9-5-4-6-10-14)15-11-7-8-12-17(15)18/h4-12,16H,3,13H2,1-2H3/t16-,18-/m1/s1. The fourth-order valence-corrected chi connectivity index (χ4v) is 3.34. The Morgan fingerprint density at radius 1 is 1.00 bits per heavy atom. The number of rotatable bonds is 2. The third kappa shape index (κ3) is 1.68. The Balaban J connectivity index is 2.11. The molecule has 0 fully saturated rings. The summed E-state index contributed by atoms with van der Waals surface area (Å²) in [5.41, 5.74) is 4.90. The van der Waals surface area contributed by atoms with Gasteiger partial charge in [0, 0.05) is 5.92 Å². The quantitative estimate of drug-likeness (QED) is 0.696. The summed E-state index contributed by atoms with van der Waals surface area (Å²) >= 11 is 0. The zero-order valence-corrected chi connectivity index (χ0v) is 11.2. The number of benzene rings is 2. The van der Waals surface area contributed by atoms with Crippen molar-refractivity contribution in [3.05, 3.63) is 71.3 Å². The van der Waals surface area contributed by atoms with Crippen molar-refractivity contribution in [1.29, 1.82) is 0 Å². The summed E-state index contributed by atoms with van der Waals surface area (Å²) in [6.07, 6.45) is 2.46. The molecule has 0 heteroatoms. The van der Waals surface area contributed by atoms with Crippen LogP contribution in [0.4, 0.5) is 0 Å². The number of fused-ring (bicyclic) bond motifs is 1. The average Bonchev–Trinajstić information content (AvgIpc) is 2.75. The lowest BCUT2D eigenvalue weighted by Gasteiger charge is -2.23. The van der Waals surface area contributed by atoms with Crippen LogP contribution in [0.5, 0.6) is 0 Å². The van der Waals surface area contributed by atoms with E-state index >= 15 is 0 Å². The molecule has 1 aliphatic rings. The highest BCUT2D eigenvalue weighted by Crippen LogP contribution is 2.50. The van der Waals surface area contributed by atoms with Gasteiger partial charge in [-0.1, -0.05) is 68.4 Å². The predicted molar refractivity (Wildman–Crippen MR) is 77.0 cm³/mol. The van der Waals surface area contributed by atoms with Crippen LogP contribution in [-0.4, -0.2) is 0 Å². The van der Waals surface area contributed by atoms with Crippen LogP contribution in [0.25, 0.3) is 0 Å². The second kappa shape index (κ2) is 4.28. The van der Waals surface area contributed by atoms with Gasteiger partial charge in [-0.25, -0.2) is 0 Å². The molecule has 0 saturated carbocycles. The molecule has 0 heterocycles. The van der Waals surface area contributed by atoms with Gasteiger partial charge in [-0.3, -0.25) is 0 Å². The molecule has 1 aliphatic carbocycles. The minimum atomic E-state index is 0.344. The molecule has 0 aromatic heterocycles. The molecule has 0 spiro atoms. The van der Waals surface area contributed by atoms with Crippen LogP contribution >= 0.6 is 0 Å². The highest BCUT2D eigenvalue weighted by molar-refractivity contribution is 5.47. The molecule has 0 N–H and O–H groups in total. The molecule has 0 aliphatic heterocycles. The third-order valence-corrected chi connectivity index (χ3v) is 4.62. The topological polar surface area (TPSA) is 0 Å². The predicted octanol–water partition coefficient (Wildman–Crippen LogP) is 4.89. The van der Waals surface area contributed by atoms with E-state index in [9.17, 15) is 0 Å². The van der Waals surface area contributed by atoms with Gasteiger partial charge in [-0.15, -0.1) is 0 Å². The zero-order valence-electron chi connectivity index (χ0n) is 11.2. The van der Waals surface area contributed by atoms with E-state index in [-0.39, 0.29) is 0 Å². The largest absolute Gasteiger partial charge is 0.0645 e. The summed E-state index contributed by atoms with van der Waals surface area (Å²) in [5, 5.41) is 0. The van der Waals surface area contributed by atoms with Crippen molar-refractivity contribution in [3.63, 3.8) is 0 Å². The fraction of sp³-hybridized carbons (Fsp3) is 0.333. The van der Waals surface area contributed by atoms with E-state index in [0.29, 0.717) is 11.3 Å². The molecule has 18 heavy (non-hydrogen) atoms. The molecule has 92 valence electrons. The molecule has 0 nitrogen and oxygen atoms in total. The van der Waals surface area contributed by atoms with E-state index in [4.69, 9.17) is 0 Å². The van der Waals surface area contributed by atoms with Crippen LogP contribution in [0, 0.1) is 0 Å². The van der Waals surface area contributed by atoms with Crippen molar-refractivity contribution in [2.75, 3.05) is 0 Å². The lowest BCUT2D eigenvalue weighted by molar-refractivity contribution is 0.437. The molecule has 2 aromatic carbocycles. The first-order chi connectivity index (χ1) is 8.74. The summed E-state index contributed by atoms with van der Waals surface area (Å²) in [7, 11) is 0. The third-order valence-electron chi connectivity index (χ3n) is 4.62. The van der Waals surface area contributed by atoms with Gasteiger partial charge in [0.05, 0.1) is 0 Å². The molecule has 0 unspecified atom stereocenters. The monoisotopic (exact) mass is 236 g/mol. The number of hydrogen-bond donors (Lipinski definition) is 0. The van der Waals surface area contributed by atoms with E-state index in [1.54, 1.807) is 5.56 Å². The Morgan fingerprint density at radius 2 is 1.67 bits per heavy atom. The van der Waals surface area contributed by atoms with Crippen LogP contribution in [-0.2, 0) is 5.41 Å². The molecular formula is C18H20. The highest BCUT2D eigenvalue weighted by Gasteiger charge is 2.38. The van der Waals surface area contributed by atoms with Gasteiger partial charge in [-0.2, -0.15) is 0 Å². The van der Waals surface area contributed by atoms with E-state index in [2.05, 4.69) is 68.4 Å². The lowest BCUT2D eigenvalue weighted by Crippen LogP contribution is -2.16. The molecule has 0 saturated heterocycles. The molecule has 2 atom stereocenters. The maximum Gasteiger partial charge on any atom is 0.0101 e. The highest BCUT2D eigenvalue weighted by atomic mass is 14.4. The lowest BCUT2D eigenvalue weighted by atomic mass is 9.80.